The number of ether oxygens (including phenoxy) is 1. The number of aliphatic hydroxyl groups is 1. The molecule has 9 heteroatoms. The molecule has 3 N–H and O–H groups in total. The zero-order valence-electron chi connectivity index (χ0n) is 19.8. The molecule has 3 atom stereocenters. The van der Waals surface area contributed by atoms with E-state index in [0.29, 0.717) is 43.5 Å². The molecule has 0 radical (unpaired) electrons. The summed E-state index contributed by atoms with van der Waals surface area (Å²) < 4.78 is 34.5. The number of alkyl halides is 2. The zero-order chi connectivity index (χ0) is 24.9. The number of aromatic amines is 1. The Kier molecular flexibility index (Phi) is 7.78. The van der Waals surface area contributed by atoms with Crippen LogP contribution in [0.4, 0.5) is 8.78 Å². The van der Waals surface area contributed by atoms with Crippen molar-refractivity contribution in [3.63, 3.8) is 0 Å². The third-order valence-electron chi connectivity index (χ3n) is 7.17. The Morgan fingerprint density at radius 3 is 2.40 bits per heavy atom. The van der Waals surface area contributed by atoms with Gasteiger partial charge in [0.05, 0.1) is 23.8 Å². The number of benzene rings is 2. The number of halogens is 2. The maximum absolute atomic E-state index is 13.3. The van der Waals surface area contributed by atoms with Crippen molar-refractivity contribution in [2.75, 3.05) is 19.8 Å². The minimum atomic E-state index is -0.663. The summed E-state index contributed by atoms with van der Waals surface area (Å²) in [6, 6.07) is 14.9. The van der Waals surface area contributed by atoms with Crippen molar-refractivity contribution in [1.29, 1.82) is 0 Å². The highest BCUT2D eigenvalue weighted by Crippen LogP contribution is 2.39. The molecule has 2 aromatic carbocycles. The molecular weight excluding hydrogens is 454 g/mol. The zero-order valence-corrected chi connectivity index (χ0v) is 19.8. The Morgan fingerprint density at radius 1 is 1.14 bits per heavy atom. The third kappa shape index (κ3) is 5.22. The number of nitrogens with one attached hydrogen (secondary N) is 2. The lowest BCUT2D eigenvalue weighted by Crippen LogP contribution is -2.60. The number of aliphatic hydroxyl groups excluding tert-OH is 1. The van der Waals surface area contributed by atoms with Gasteiger partial charge in [-0.15, -0.1) is 0 Å². The monoisotopic (exact) mass is 486 g/mol. The van der Waals surface area contributed by atoms with E-state index in [9.17, 15) is 18.7 Å². The van der Waals surface area contributed by atoms with Gasteiger partial charge in [-0.1, -0.05) is 48.5 Å². The van der Waals surface area contributed by atoms with Crippen LogP contribution in [0.2, 0.25) is 0 Å². The number of H-pyrrole nitrogens is 1. The highest BCUT2D eigenvalue weighted by atomic mass is 19.1. The summed E-state index contributed by atoms with van der Waals surface area (Å²) in [5, 5.41) is 19.7. The summed E-state index contributed by atoms with van der Waals surface area (Å²) in [4.78, 5) is 12.4. The van der Waals surface area contributed by atoms with Gasteiger partial charge in [-0.25, -0.2) is 18.7 Å². The lowest BCUT2D eigenvalue weighted by molar-refractivity contribution is -0.0136. The molecule has 35 heavy (non-hydrogen) atoms. The number of hydrogen-bond acceptors (Lipinski definition) is 5. The number of rotatable bonds is 10. The molecule has 1 saturated heterocycles. The molecule has 2 heterocycles. The number of hydrogen-bond donors (Lipinski definition) is 3. The first-order valence-electron chi connectivity index (χ1n) is 11.9. The standard InChI is InChI=1S/C26H32F2N4O3/c1-19(22-12-20(14-27)11-21(13-22)15-28)35-17-26(23-5-3-2-4-6-23)8-7-25(9-10-33,16-29-26)32-18-30-31-24(32)34/h2-6,11-13,18-19,29,33H,7-10,14-17H2,1H3,(H,31,34)/t19-,25-,26-/m1/s1. The van der Waals surface area contributed by atoms with E-state index in [4.69, 9.17) is 4.74 Å². The van der Waals surface area contributed by atoms with Crippen molar-refractivity contribution < 1.29 is 18.6 Å². The SMILES string of the molecule is C[C@@H](OC[C@@]1(c2ccccc2)CC[C@](CCO)(n2cn[nH]c2=O)CN1)c1cc(CF)cc(CF)c1. The van der Waals surface area contributed by atoms with Crippen LogP contribution in [0.3, 0.4) is 0 Å². The van der Waals surface area contributed by atoms with Crippen molar-refractivity contribution in [1.82, 2.24) is 20.1 Å². The van der Waals surface area contributed by atoms with E-state index in [1.165, 1.54) is 12.4 Å². The van der Waals surface area contributed by atoms with Crippen LogP contribution < -0.4 is 11.0 Å². The van der Waals surface area contributed by atoms with Crippen LogP contribution in [0, 0.1) is 0 Å². The summed E-state index contributed by atoms with van der Waals surface area (Å²) in [6.07, 6.45) is 2.77. The highest BCUT2D eigenvalue weighted by molar-refractivity contribution is 5.31. The molecule has 1 aromatic heterocycles. The van der Waals surface area contributed by atoms with Crippen molar-refractivity contribution >= 4 is 0 Å². The molecule has 1 fully saturated rings. The molecule has 0 aliphatic carbocycles. The summed E-state index contributed by atoms with van der Waals surface area (Å²) in [5.74, 6) is 0. The average molecular weight is 487 g/mol. The molecule has 0 spiro atoms. The fourth-order valence-corrected chi connectivity index (χ4v) is 5.04. The van der Waals surface area contributed by atoms with Crippen LogP contribution in [0.1, 0.15) is 54.5 Å². The quantitative estimate of drug-likeness (QED) is 0.407. The van der Waals surface area contributed by atoms with E-state index in [-0.39, 0.29) is 18.4 Å². The average Bonchev–Trinajstić information content (AvgIpc) is 3.35. The maximum atomic E-state index is 13.3. The van der Waals surface area contributed by atoms with Crippen molar-refractivity contribution in [2.45, 2.75) is 56.7 Å². The van der Waals surface area contributed by atoms with Gasteiger partial charge in [0, 0.05) is 13.2 Å². The number of piperidine rings is 1. The van der Waals surface area contributed by atoms with Gasteiger partial charge < -0.3 is 15.2 Å². The molecule has 3 aromatic rings. The molecule has 0 saturated carbocycles. The van der Waals surface area contributed by atoms with Gasteiger partial charge in [0.2, 0.25) is 0 Å². The van der Waals surface area contributed by atoms with Crippen LogP contribution in [0.5, 0.6) is 0 Å². The van der Waals surface area contributed by atoms with Crippen LogP contribution in [0.15, 0.2) is 59.7 Å². The van der Waals surface area contributed by atoms with Gasteiger partial charge in [-0.05, 0) is 48.4 Å². The van der Waals surface area contributed by atoms with E-state index in [2.05, 4.69) is 15.5 Å². The molecule has 0 amide bonds. The van der Waals surface area contributed by atoms with Gasteiger partial charge in [0.25, 0.3) is 0 Å². The molecule has 4 rings (SSSR count). The molecule has 0 unspecified atom stereocenters. The Hall–Kier alpha value is -2.88. The minimum absolute atomic E-state index is 0.0625. The summed E-state index contributed by atoms with van der Waals surface area (Å²) >= 11 is 0. The largest absolute Gasteiger partial charge is 0.396 e. The van der Waals surface area contributed by atoms with Crippen LogP contribution in [0.25, 0.3) is 0 Å². The normalized spacial score (nSPS) is 23.3. The number of aromatic nitrogens is 3. The van der Waals surface area contributed by atoms with Crippen molar-refractivity contribution in [2.24, 2.45) is 0 Å². The van der Waals surface area contributed by atoms with Crippen molar-refractivity contribution in [3.8, 4) is 0 Å². The van der Waals surface area contributed by atoms with E-state index < -0.39 is 24.4 Å². The predicted octanol–water partition coefficient (Wildman–Crippen LogP) is 3.64. The minimum Gasteiger partial charge on any atom is -0.396 e. The van der Waals surface area contributed by atoms with Crippen LogP contribution >= 0.6 is 0 Å². The number of nitrogens with zero attached hydrogens (tertiary/aromatic N) is 2. The van der Waals surface area contributed by atoms with Gasteiger partial charge in [-0.2, -0.15) is 5.10 Å². The predicted molar refractivity (Wildman–Crippen MR) is 128 cm³/mol. The second-order valence-electron chi connectivity index (χ2n) is 9.33. The van der Waals surface area contributed by atoms with Crippen LogP contribution in [-0.2, 0) is 29.2 Å². The summed E-state index contributed by atoms with van der Waals surface area (Å²) in [6.45, 7) is 1.24. The lowest BCUT2D eigenvalue weighted by atomic mass is 9.75. The molecular formula is C26H32F2N4O3. The van der Waals surface area contributed by atoms with Crippen molar-refractivity contribution in [3.05, 3.63) is 87.6 Å². The van der Waals surface area contributed by atoms with Gasteiger partial charge in [0.15, 0.2) is 0 Å². The summed E-state index contributed by atoms with van der Waals surface area (Å²) in [7, 11) is 0. The van der Waals surface area contributed by atoms with Gasteiger partial charge in [-0.3, -0.25) is 4.57 Å². The lowest BCUT2D eigenvalue weighted by Gasteiger charge is -2.48. The van der Waals surface area contributed by atoms with Gasteiger partial charge in [0.1, 0.15) is 19.7 Å². The first-order chi connectivity index (χ1) is 16.9. The second kappa shape index (κ2) is 10.8. The van der Waals surface area contributed by atoms with Crippen LogP contribution in [-0.4, -0.2) is 39.6 Å². The summed E-state index contributed by atoms with van der Waals surface area (Å²) in [5.41, 5.74) is 1.17. The van der Waals surface area contributed by atoms with E-state index >= 15 is 0 Å². The Balaban J connectivity index is 1.59. The maximum Gasteiger partial charge on any atom is 0.343 e. The molecule has 188 valence electrons. The Morgan fingerprint density at radius 2 is 1.86 bits per heavy atom. The molecule has 1 aliphatic rings. The second-order valence-corrected chi connectivity index (χ2v) is 9.33. The Bertz CT molecular complexity index is 1130. The van der Waals surface area contributed by atoms with Gasteiger partial charge >= 0.3 is 5.69 Å². The smallest absolute Gasteiger partial charge is 0.343 e. The molecule has 0 bridgehead atoms. The first kappa shape index (κ1) is 25.2. The molecule has 1 aliphatic heterocycles. The third-order valence-corrected chi connectivity index (χ3v) is 7.17. The molecule has 7 nitrogen and oxygen atoms in total. The van der Waals surface area contributed by atoms with E-state index in [1.807, 2.05) is 37.3 Å². The fraction of sp³-hybridized carbons (Fsp3) is 0.462. The van der Waals surface area contributed by atoms with E-state index in [1.54, 1.807) is 16.7 Å². The highest BCUT2D eigenvalue weighted by Gasteiger charge is 2.45. The Labute approximate surface area is 203 Å². The first-order valence-corrected chi connectivity index (χ1v) is 11.9. The topological polar surface area (TPSA) is 92.2 Å². The fourth-order valence-electron chi connectivity index (χ4n) is 5.04. The van der Waals surface area contributed by atoms with E-state index in [0.717, 1.165) is 11.1 Å².